The second kappa shape index (κ2) is 4.99. The molecular formula is C18H21N3O. The summed E-state index contributed by atoms with van der Waals surface area (Å²) >= 11 is 0. The zero-order valence-electron chi connectivity index (χ0n) is 12.6. The van der Waals surface area contributed by atoms with Crippen LogP contribution in [-0.2, 0) is 17.8 Å². The van der Waals surface area contributed by atoms with E-state index in [0.717, 1.165) is 19.4 Å². The normalized spacial score (nSPS) is 26.6. The molecule has 1 unspecified atom stereocenters. The molecule has 4 nitrogen and oxygen atoms in total. The first-order valence-corrected chi connectivity index (χ1v) is 7.93. The smallest absolute Gasteiger partial charge is 0.221 e. The number of piperidine rings is 1. The molecule has 4 rings (SSSR count). The maximum atomic E-state index is 11.6. The van der Waals surface area contributed by atoms with Gasteiger partial charge in [0, 0.05) is 42.1 Å². The number of benzene rings is 1. The average molecular weight is 295 g/mol. The molecule has 4 heteroatoms. The summed E-state index contributed by atoms with van der Waals surface area (Å²) < 4.78 is 2.27. The zero-order chi connectivity index (χ0) is 15.3. The molecule has 1 fully saturated rings. The number of aromatic nitrogens is 1. The van der Waals surface area contributed by atoms with E-state index in [2.05, 4.69) is 40.9 Å². The number of nitrogens with two attached hydrogens (primary N) is 1. The van der Waals surface area contributed by atoms with Gasteiger partial charge in [0.2, 0.25) is 5.91 Å². The van der Waals surface area contributed by atoms with E-state index in [0.29, 0.717) is 18.5 Å². The highest BCUT2D eigenvalue weighted by Gasteiger charge is 2.38. The van der Waals surface area contributed by atoms with Gasteiger partial charge in [-0.3, -0.25) is 4.79 Å². The molecule has 3 atom stereocenters. The van der Waals surface area contributed by atoms with E-state index in [4.69, 9.17) is 5.73 Å². The molecule has 2 heterocycles. The van der Waals surface area contributed by atoms with Crippen LogP contribution in [-0.4, -0.2) is 23.1 Å². The molecule has 1 amide bonds. The standard InChI is InChI=1S/C18H21N3O/c1-2-6-21-10-12-8-15-14(7-11(9-20-15)18(19)22)13-4-3-5-16(21)17(12)13/h2-5,10-11,14-15,20H,1,6-9H2,(H2,19,22)/t11?,14-,15-/m1/s1. The van der Waals surface area contributed by atoms with E-state index in [-0.39, 0.29) is 11.8 Å². The highest BCUT2D eigenvalue weighted by Crippen LogP contribution is 2.42. The number of rotatable bonds is 3. The number of allylic oxidation sites excluding steroid dienone is 1. The van der Waals surface area contributed by atoms with Crippen molar-refractivity contribution in [2.24, 2.45) is 11.7 Å². The maximum Gasteiger partial charge on any atom is 0.221 e. The molecular weight excluding hydrogens is 274 g/mol. The highest BCUT2D eigenvalue weighted by atomic mass is 16.1. The molecule has 114 valence electrons. The van der Waals surface area contributed by atoms with Crippen molar-refractivity contribution in [3.05, 3.63) is 48.2 Å². The van der Waals surface area contributed by atoms with Crippen molar-refractivity contribution in [2.45, 2.75) is 31.3 Å². The van der Waals surface area contributed by atoms with Gasteiger partial charge in [-0.25, -0.2) is 0 Å². The van der Waals surface area contributed by atoms with E-state index in [1.54, 1.807) is 0 Å². The van der Waals surface area contributed by atoms with Gasteiger partial charge in [-0.2, -0.15) is 0 Å². The molecule has 0 bridgehead atoms. The Bertz CT molecular complexity index is 761. The summed E-state index contributed by atoms with van der Waals surface area (Å²) in [6.07, 6.45) is 6.07. The lowest BCUT2D eigenvalue weighted by atomic mass is 9.73. The van der Waals surface area contributed by atoms with Gasteiger partial charge >= 0.3 is 0 Å². The van der Waals surface area contributed by atoms with Crippen LogP contribution in [0.4, 0.5) is 0 Å². The van der Waals surface area contributed by atoms with Crippen molar-refractivity contribution in [1.29, 1.82) is 0 Å². The van der Waals surface area contributed by atoms with Gasteiger partial charge in [-0.05, 0) is 30.0 Å². The van der Waals surface area contributed by atoms with Crippen molar-refractivity contribution in [1.82, 2.24) is 9.88 Å². The number of carbonyl (C=O) groups is 1. The number of nitrogens with zero attached hydrogens (tertiary/aromatic N) is 1. The van der Waals surface area contributed by atoms with E-state index >= 15 is 0 Å². The Morgan fingerprint density at radius 3 is 3.14 bits per heavy atom. The fraction of sp³-hybridized carbons (Fsp3) is 0.389. The van der Waals surface area contributed by atoms with Crippen LogP contribution in [0.15, 0.2) is 37.1 Å². The third-order valence-corrected chi connectivity index (χ3v) is 5.23. The topological polar surface area (TPSA) is 60.0 Å². The monoisotopic (exact) mass is 295 g/mol. The minimum absolute atomic E-state index is 0.0617. The molecule has 3 N–H and O–H groups in total. The van der Waals surface area contributed by atoms with Gasteiger partial charge in [0.15, 0.2) is 0 Å². The van der Waals surface area contributed by atoms with Crippen LogP contribution in [0.3, 0.4) is 0 Å². The number of carbonyl (C=O) groups excluding carboxylic acids is 1. The molecule has 1 aliphatic heterocycles. The highest BCUT2D eigenvalue weighted by molar-refractivity contribution is 5.89. The zero-order valence-corrected chi connectivity index (χ0v) is 12.6. The Hall–Kier alpha value is -2.07. The van der Waals surface area contributed by atoms with Crippen molar-refractivity contribution in [3.8, 4) is 0 Å². The van der Waals surface area contributed by atoms with Crippen LogP contribution >= 0.6 is 0 Å². The number of amides is 1. The quantitative estimate of drug-likeness (QED) is 0.850. The Morgan fingerprint density at radius 2 is 2.36 bits per heavy atom. The van der Waals surface area contributed by atoms with Crippen LogP contribution in [0.1, 0.15) is 23.5 Å². The number of nitrogens with one attached hydrogen (secondary N) is 1. The fourth-order valence-corrected chi connectivity index (χ4v) is 4.22. The van der Waals surface area contributed by atoms with Crippen LogP contribution < -0.4 is 11.1 Å². The molecule has 0 radical (unpaired) electrons. The summed E-state index contributed by atoms with van der Waals surface area (Å²) in [5.41, 5.74) is 9.57. The van der Waals surface area contributed by atoms with Crippen molar-refractivity contribution >= 4 is 16.8 Å². The third kappa shape index (κ3) is 1.91. The van der Waals surface area contributed by atoms with E-state index in [1.165, 1.54) is 22.0 Å². The maximum absolute atomic E-state index is 11.6. The number of primary amides is 1. The fourth-order valence-electron chi connectivity index (χ4n) is 4.22. The van der Waals surface area contributed by atoms with E-state index < -0.39 is 0 Å². The van der Waals surface area contributed by atoms with Gasteiger partial charge in [0.05, 0.1) is 5.92 Å². The molecule has 1 aromatic carbocycles. The first kappa shape index (κ1) is 13.6. The Balaban J connectivity index is 1.83. The van der Waals surface area contributed by atoms with Crippen molar-refractivity contribution in [3.63, 3.8) is 0 Å². The second-order valence-corrected chi connectivity index (χ2v) is 6.50. The Kier molecular flexibility index (Phi) is 3.08. The number of hydrogen-bond acceptors (Lipinski definition) is 2. The predicted molar refractivity (Wildman–Crippen MR) is 87.7 cm³/mol. The van der Waals surface area contributed by atoms with Crippen molar-refractivity contribution < 1.29 is 4.79 Å². The molecule has 1 saturated heterocycles. The van der Waals surface area contributed by atoms with Gasteiger partial charge in [0.1, 0.15) is 0 Å². The summed E-state index contributed by atoms with van der Waals surface area (Å²) in [5, 5.41) is 4.92. The molecule has 2 aliphatic rings. The minimum Gasteiger partial charge on any atom is -0.369 e. The first-order valence-electron chi connectivity index (χ1n) is 7.93. The minimum atomic E-state index is -0.187. The molecule has 2 aromatic rings. The third-order valence-electron chi connectivity index (χ3n) is 5.23. The van der Waals surface area contributed by atoms with Crippen LogP contribution in [0.25, 0.3) is 10.9 Å². The van der Waals surface area contributed by atoms with Crippen molar-refractivity contribution in [2.75, 3.05) is 6.54 Å². The molecule has 22 heavy (non-hydrogen) atoms. The Morgan fingerprint density at radius 1 is 1.50 bits per heavy atom. The van der Waals surface area contributed by atoms with Gasteiger partial charge in [-0.15, -0.1) is 6.58 Å². The average Bonchev–Trinajstić information content (AvgIpc) is 2.87. The summed E-state index contributed by atoms with van der Waals surface area (Å²) in [6, 6.07) is 6.92. The lowest BCUT2D eigenvalue weighted by Gasteiger charge is -2.39. The lowest BCUT2D eigenvalue weighted by Crippen LogP contribution is -2.49. The number of fused-ring (bicyclic) bond motifs is 2. The first-order chi connectivity index (χ1) is 10.7. The predicted octanol–water partition coefficient (Wildman–Crippen LogP) is 1.93. The van der Waals surface area contributed by atoms with Crippen LogP contribution in [0.5, 0.6) is 0 Å². The summed E-state index contributed by atoms with van der Waals surface area (Å²) in [4.78, 5) is 11.6. The lowest BCUT2D eigenvalue weighted by molar-refractivity contribution is -0.122. The van der Waals surface area contributed by atoms with Crippen LogP contribution in [0.2, 0.25) is 0 Å². The summed E-state index contributed by atoms with van der Waals surface area (Å²) in [6.45, 7) is 5.38. The number of hydrogen-bond donors (Lipinski definition) is 2. The molecule has 0 saturated carbocycles. The Labute approximate surface area is 130 Å². The van der Waals surface area contributed by atoms with E-state index in [1.807, 2.05) is 6.08 Å². The summed E-state index contributed by atoms with van der Waals surface area (Å²) in [7, 11) is 0. The summed E-state index contributed by atoms with van der Waals surface area (Å²) in [5.74, 6) is 0.128. The largest absolute Gasteiger partial charge is 0.369 e. The van der Waals surface area contributed by atoms with E-state index in [9.17, 15) is 4.79 Å². The van der Waals surface area contributed by atoms with Gasteiger partial charge in [-0.1, -0.05) is 18.2 Å². The molecule has 0 spiro atoms. The SMILES string of the molecule is C=CCn1cc2c3c(cccc31)[C@H]1CC(C(N)=O)CN[C@@H]1C2. The molecule has 1 aromatic heterocycles. The van der Waals surface area contributed by atoms with Gasteiger partial charge in [0.25, 0.3) is 0 Å². The molecule has 1 aliphatic carbocycles. The van der Waals surface area contributed by atoms with Gasteiger partial charge < -0.3 is 15.6 Å². The van der Waals surface area contributed by atoms with Crippen LogP contribution in [0, 0.1) is 5.92 Å². The second-order valence-electron chi connectivity index (χ2n) is 6.50.